The highest BCUT2D eigenvalue weighted by Gasteiger charge is 2.25. The van der Waals surface area contributed by atoms with Gasteiger partial charge in [0, 0.05) is 24.1 Å². The SMILES string of the molecule is O=C(CC=Cc1ccccc1)Nc1cc(C2CC2)[nH]n1. The summed E-state index contributed by atoms with van der Waals surface area (Å²) in [5.41, 5.74) is 2.22. The first-order valence-electron chi connectivity index (χ1n) is 6.88. The monoisotopic (exact) mass is 267 g/mol. The van der Waals surface area contributed by atoms with Crippen LogP contribution in [0.15, 0.2) is 42.5 Å². The molecule has 1 saturated carbocycles. The van der Waals surface area contributed by atoms with Gasteiger partial charge >= 0.3 is 0 Å². The van der Waals surface area contributed by atoms with Crippen LogP contribution in [0, 0.1) is 0 Å². The van der Waals surface area contributed by atoms with Gasteiger partial charge in [-0.15, -0.1) is 0 Å². The van der Waals surface area contributed by atoms with Gasteiger partial charge in [-0.2, -0.15) is 5.10 Å². The normalized spacial score (nSPS) is 14.6. The standard InChI is InChI=1S/C16H17N3O/c20-16(8-4-7-12-5-2-1-3-6-12)17-15-11-14(18-19-15)13-9-10-13/h1-7,11,13H,8-10H2,(H2,17,18,19,20). The largest absolute Gasteiger partial charge is 0.309 e. The third-order valence-corrected chi connectivity index (χ3v) is 3.30. The van der Waals surface area contributed by atoms with Crippen LogP contribution < -0.4 is 5.32 Å². The molecule has 3 rings (SSSR count). The van der Waals surface area contributed by atoms with E-state index in [1.54, 1.807) is 0 Å². The van der Waals surface area contributed by atoms with Crippen LogP contribution >= 0.6 is 0 Å². The molecule has 1 aliphatic rings. The van der Waals surface area contributed by atoms with Gasteiger partial charge in [-0.1, -0.05) is 42.5 Å². The molecule has 2 aromatic rings. The fraction of sp³-hybridized carbons (Fsp3) is 0.250. The van der Waals surface area contributed by atoms with Crippen molar-refractivity contribution in [3.8, 4) is 0 Å². The molecule has 0 spiro atoms. The lowest BCUT2D eigenvalue weighted by atomic mass is 10.2. The number of nitrogens with zero attached hydrogens (tertiary/aromatic N) is 1. The van der Waals surface area contributed by atoms with Gasteiger partial charge in [0.05, 0.1) is 0 Å². The number of hydrogen-bond donors (Lipinski definition) is 2. The lowest BCUT2D eigenvalue weighted by Crippen LogP contribution is -2.10. The van der Waals surface area contributed by atoms with Gasteiger partial charge in [0.1, 0.15) is 0 Å². The number of nitrogens with one attached hydrogen (secondary N) is 2. The zero-order valence-corrected chi connectivity index (χ0v) is 11.2. The second-order valence-electron chi connectivity index (χ2n) is 5.05. The predicted molar refractivity (Wildman–Crippen MR) is 79.3 cm³/mol. The zero-order valence-electron chi connectivity index (χ0n) is 11.2. The minimum Gasteiger partial charge on any atom is -0.309 e. The number of aromatic amines is 1. The molecule has 0 bridgehead atoms. The molecule has 0 radical (unpaired) electrons. The number of H-pyrrole nitrogens is 1. The van der Waals surface area contributed by atoms with E-state index in [1.807, 2.05) is 48.6 Å². The van der Waals surface area contributed by atoms with Gasteiger partial charge in [0.2, 0.25) is 5.91 Å². The van der Waals surface area contributed by atoms with Crippen LogP contribution in [0.3, 0.4) is 0 Å². The van der Waals surface area contributed by atoms with E-state index >= 15 is 0 Å². The summed E-state index contributed by atoms with van der Waals surface area (Å²) in [6, 6.07) is 11.9. The molecule has 20 heavy (non-hydrogen) atoms. The molecule has 4 nitrogen and oxygen atoms in total. The van der Waals surface area contributed by atoms with Gasteiger partial charge in [0.25, 0.3) is 0 Å². The Bertz CT molecular complexity index is 612. The Balaban J connectivity index is 1.50. The number of aromatic nitrogens is 2. The molecular formula is C16H17N3O. The second kappa shape index (κ2) is 5.74. The average Bonchev–Trinajstić information content (AvgIpc) is 3.21. The van der Waals surface area contributed by atoms with Gasteiger partial charge in [-0.05, 0) is 18.4 Å². The molecule has 1 fully saturated rings. The first-order valence-corrected chi connectivity index (χ1v) is 6.88. The Morgan fingerprint density at radius 2 is 2.15 bits per heavy atom. The van der Waals surface area contributed by atoms with Crippen molar-refractivity contribution in [1.82, 2.24) is 10.2 Å². The number of benzene rings is 1. The topological polar surface area (TPSA) is 57.8 Å². The second-order valence-corrected chi connectivity index (χ2v) is 5.05. The van der Waals surface area contributed by atoms with Crippen molar-refractivity contribution in [1.29, 1.82) is 0 Å². The lowest BCUT2D eigenvalue weighted by molar-refractivity contribution is -0.115. The quantitative estimate of drug-likeness (QED) is 0.873. The average molecular weight is 267 g/mol. The van der Waals surface area contributed by atoms with E-state index in [2.05, 4.69) is 15.5 Å². The Labute approximate surface area is 117 Å². The summed E-state index contributed by atoms with van der Waals surface area (Å²) in [4.78, 5) is 11.8. The highest BCUT2D eigenvalue weighted by atomic mass is 16.1. The van der Waals surface area contributed by atoms with E-state index in [-0.39, 0.29) is 5.91 Å². The molecule has 1 amide bonds. The molecular weight excluding hydrogens is 250 g/mol. The summed E-state index contributed by atoms with van der Waals surface area (Å²) < 4.78 is 0. The van der Waals surface area contributed by atoms with Crippen molar-refractivity contribution in [3.63, 3.8) is 0 Å². The molecule has 1 aliphatic carbocycles. The van der Waals surface area contributed by atoms with Crippen molar-refractivity contribution in [2.75, 3.05) is 5.32 Å². The summed E-state index contributed by atoms with van der Waals surface area (Å²) in [7, 11) is 0. The van der Waals surface area contributed by atoms with Gasteiger partial charge in [0.15, 0.2) is 5.82 Å². The molecule has 0 aliphatic heterocycles. The third-order valence-electron chi connectivity index (χ3n) is 3.30. The van der Waals surface area contributed by atoms with E-state index < -0.39 is 0 Å². The van der Waals surface area contributed by atoms with Gasteiger partial charge < -0.3 is 5.32 Å². The summed E-state index contributed by atoms with van der Waals surface area (Å²) in [6.07, 6.45) is 6.59. The molecule has 0 unspecified atom stereocenters. The van der Waals surface area contributed by atoms with Crippen molar-refractivity contribution in [2.24, 2.45) is 0 Å². The number of hydrogen-bond acceptors (Lipinski definition) is 2. The number of carbonyl (C=O) groups excluding carboxylic acids is 1. The minimum atomic E-state index is -0.0500. The number of amides is 1. The highest BCUT2D eigenvalue weighted by molar-refractivity contribution is 5.91. The van der Waals surface area contributed by atoms with Crippen molar-refractivity contribution < 1.29 is 4.79 Å². The third kappa shape index (κ3) is 3.35. The smallest absolute Gasteiger partial charge is 0.229 e. The van der Waals surface area contributed by atoms with Crippen LogP contribution in [0.25, 0.3) is 6.08 Å². The number of rotatable bonds is 5. The van der Waals surface area contributed by atoms with Crippen LogP contribution in [-0.2, 0) is 4.79 Å². The number of anilines is 1. The van der Waals surface area contributed by atoms with Crippen molar-refractivity contribution in [3.05, 3.63) is 53.7 Å². The maximum atomic E-state index is 11.8. The van der Waals surface area contributed by atoms with E-state index in [0.29, 0.717) is 18.2 Å². The summed E-state index contributed by atoms with van der Waals surface area (Å²) in [5.74, 6) is 1.18. The Hall–Kier alpha value is -2.36. The minimum absolute atomic E-state index is 0.0500. The summed E-state index contributed by atoms with van der Waals surface area (Å²) in [5, 5.41) is 9.87. The highest BCUT2D eigenvalue weighted by Crippen LogP contribution is 2.39. The van der Waals surface area contributed by atoms with E-state index in [9.17, 15) is 4.79 Å². The van der Waals surface area contributed by atoms with Crippen molar-refractivity contribution >= 4 is 17.8 Å². The van der Waals surface area contributed by atoms with Crippen LogP contribution in [-0.4, -0.2) is 16.1 Å². The Morgan fingerprint density at radius 3 is 2.90 bits per heavy atom. The molecule has 102 valence electrons. The van der Waals surface area contributed by atoms with Crippen molar-refractivity contribution in [2.45, 2.75) is 25.2 Å². The Morgan fingerprint density at radius 1 is 1.35 bits per heavy atom. The van der Waals surface area contributed by atoms with Crippen LogP contribution in [0.5, 0.6) is 0 Å². The van der Waals surface area contributed by atoms with Gasteiger partial charge in [-0.3, -0.25) is 9.89 Å². The Kier molecular flexibility index (Phi) is 3.63. The molecule has 1 aromatic heterocycles. The molecule has 4 heteroatoms. The molecule has 0 atom stereocenters. The predicted octanol–water partition coefficient (Wildman–Crippen LogP) is 3.33. The first kappa shape index (κ1) is 12.7. The van der Waals surface area contributed by atoms with Crippen LogP contribution in [0.2, 0.25) is 0 Å². The zero-order chi connectivity index (χ0) is 13.8. The lowest BCUT2D eigenvalue weighted by Gasteiger charge is -1.97. The van der Waals surface area contributed by atoms with E-state index in [0.717, 1.165) is 11.3 Å². The summed E-state index contributed by atoms with van der Waals surface area (Å²) in [6.45, 7) is 0. The van der Waals surface area contributed by atoms with E-state index in [1.165, 1.54) is 12.8 Å². The van der Waals surface area contributed by atoms with Gasteiger partial charge in [-0.25, -0.2) is 0 Å². The van der Waals surface area contributed by atoms with Crippen LogP contribution in [0.1, 0.15) is 36.4 Å². The maximum Gasteiger partial charge on any atom is 0.229 e. The molecule has 0 saturated heterocycles. The van der Waals surface area contributed by atoms with E-state index in [4.69, 9.17) is 0 Å². The maximum absolute atomic E-state index is 11.8. The molecule has 2 N–H and O–H groups in total. The molecule has 1 heterocycles. The van der Waals surface area contributed by atoms with Crippen LogP contribution in [0.4, 0.5) is 5.82 Å². The first-order chi connectivity index (χ1) is 9.81. The fourth-order valence-electron chi connectivity index (χ4n) is 2.06. The fourth-order valence-corrected chi connectivity index (χ4v) is 2.06. The summed E-state index contributed by atoms with van der Waals surface area (Å²) >= 11 is 0. The number of carbonyl (C=O) groups is 1. The molecule has 1 aromatic carbocycles.